The number of amides is 2. The van der Waals surface area contributed by atoms with Crippen LogP contribution in [-0.2, 0) is 19.7 Å². The molecule has 0 bridgehead atoms. The maximum atomic E-state index is 13.0. The minimum Gasteiger partial charge on any atom is -0.381 e. The zero-order chi connectivity index (χ0) is 21.6. The molecule has 0 aromatic heterocycles. The van der Waals surface area contributed by atoms with Crippen LogP contribution in [0.15, 0.2) is 42.5 Å². The number of fused-ring (bicyclic) bond motifs is 2. The molecule has 1 aliphatic carbocycles. The van der Waals surface area contributed by atoms with Crippen LogP contribution in [0.5, 0.6) is 0 Å². The summed E-state index contributed by atoms with van der Waals surface area (Å²) in [5.41, 5.74) is 2.05. The van der Waals surface area contributed by atoms with Crippen LogP contribution in [0.2, 0.25) is 16.1 Å². The van der Waals surface area contributed by atoms with Gasteiger partial charge in [-0.25, -0.2) is 0 Å². The van der Waals surface area contributed by atoms with Crippen LogP contribution >= 0.6 is 11.6 Å². The van der Waals surface area contributed by atoms with Gasteiger partial charge in [0.1, 0.15) is 8.80 Å². The van der Waals surface area contributed by atoms with E-state index in [9.17, 15) is 9.59 Å². The monoisotopic (exact) mass is 453 g/mol. The first-order valence-corrected chi connectivity index (χ1v) is 12.9. The highest BCUT2D eigenvalue weighted by Gasteiger charge is 2.49. The zero-order valence-corrected chi connectivity index (χ0v) is 19.3. The molecule has 1 spiro atoms. The number of carbonyl (C=O) groups excluding carboxylic acids is 2. The molecule has 0 atom stereocenters. The SMILES string of the molecule is CC1([Si](CC(=O)Nc2ccc3c(c2)NC(=O)C32CCOCC2)c2ccccc2Cl)CC1. The van der Waals surface area contributed by atoms with E-state index in [2.05, 4.69) is 23.6 Å². The Morgan fingerprint density at radius 1 is 1.16 bits per heavy atom. The second kappa shape index (κ2) is 7.76. The molecule has 161 valence electrons. The number of rotatable bonds is 5. The summed E-state index contributed by atoms with van der Waals surface area (Å²) in [4.78, 5) is 25.7. The Morgan fingerprint density at radius 2 is 1.90 bits per heavy atom. The Labute approximate surface area is 189 Å². The maximum absolute atomic E-state index is 13.0. The Morgan fingerprint density at radius 3 is 2.61 bits per heavy atom. The molecular formula is C24H26ClN2O3Si. The summed E-state index contributed by atoms with van der Waals surface area (Å²) in [6.45, 7) is 3.46. The minimum atomic E-state index is -1.14. The van der Waals surface area contributed by atoms with E-state index in [1.165, 1.54) is 0 Å². The normalized spacial score (nSPS) is 20.4. The highest BCUT2D eigenvalue weighted by molar-refractivity contribution is 6.81. The van der Waals surface area contributed by atoms with Crippen LogP contribution in [-0.4, -0.2) is 33.8 Å². The maximum Gasteiger partial charge on any atom is 0.235 e. The molecule has 2 amide bonds. The van der Waals surface area contributed by atoms with Crippen LogP contribution < -0.4 is 15.8 Å². The van der Waals surface area contributed by atoms with E-state index in [1.54, 1.807) is 0 Å². The first kappa shape index (κ1) is 20.7. The number of ether oxygens (including phenoxy) is 1. The van der Waals surface area contributed by atoms with Crippen molar-refractivity contribution in [1.82, 2.24) is 0 Å². The van der Waals surface area contributed by atoms with Gasteiger partial charge in [0.15, 0.2) is 0 Å². The summed E-state index contributed by atoms with van der Waals surface area (Å²) in [5.74, 6) is 0.0483. The van der Waals surface area contributed by atoms with E-state index in [0.717, 1.165) is 40.0 Å². The van der Waals surface area contributed by atoms with Gasteiger partial charge in [-0.2, -0.15) is 0 Å². The van der Waals surface area contributed by atoms with Gasteiger partial charge in [-0.3, -0.25) is 9.59 Å². The lowest BCUT2D eigenvalue weighted by molar-refractivity contribution is -0.124. The van der Waals surface area contributed by atoms with Crippen LogP contribution in [0.1, 0.15) is 38.2 Å². The molecule has 5 rings (SSSR count). The molecule has 1 saturated heterocycles. The number of anilines is 2. The quantitative estimate of drug-likeness (QED) is 0.665. The molecule has 0 unspecified atom stereocenters. The first-order chi connectivity index (χ1) is 14.9. The molecule has 3 aliphatic rings. The fourth-order valence-electron chi connectivity index (χ4n) is 4.92. The molecule has 1 saturated carbocycles. The minimum absolute atomic E-state index is 0.00647. The predicted molar refractivity (Wildman–Crippen MR) is 125 cm³/mol. The van der Waals surface area contributed by atoms with Crippen LogP contribution in [0, 0.1) is 0 Å². The summed E-state index contributed by atoms with van der Waals surface area (Å²) in [6, 6.07) is 14.2. The predicted octanol–water partition coefficient (Wildman–Crippen LogP) is 4.23. The highest BCUT2D eigenvalue weighted by atomic mass is 35.5. The van der Waals surface area contributed by atoms with Crippen molar-refractivity contribution in [3.05, 3.63) is 53.1 Å². The van der Waals surface area contributed by atoms with Gasteiger partial charge >= 0.3 is 0 Å². The molecule has 2 aliphatic heterocycles. The fourth-order valence-corrected chi connectivity index (χ4v) is 8.47. The summed E-state index contributed by atoms with van der Waals surface area (Å²) in [5, 5.41) is 8.21. The van der Waals surface area contributed by atoms with Crippen molar-refractivity contribution >= 4 is 48.8 Å². The summed E-state index contributed by atoms with van der Waals surface area (Å²) in [6.07, 6.45) is 3.69. The van der Waals surface area contributed by atoms with Crippen molar-refractivity contribution in [3.63, 3.8) is 0 Å². The lowest BCUT2D eigenvalue weighted by Gasteiger charge is -2.31. The van der Waals surface area contributed by atoms with Crippen molar-refractivity contribution < 1.29 is 14.3 Å². The summed E-state index contributed by atoms with van der Waals surface area (Å²) < 4.78 is 5.47. The van der Waals surface area contributed by atoms with Crippen molar-refractivity contribution in [2.45, 2.75) is 49.1 Å². The molecular weight excluding hydrogens is 428 g/mol. The molecule has 2 aromatic rings. The fraction of sp³-hybridized carbons (Fsp3) is 0.417. The highest BCUT2D eigenvalue weighted by Crippen LogP contribution is 2.56. The third kappa shape index (κ3) is 3.71. The lowest BCUT2D eigenvalue weighted by atomic mass is 9.75. The van der Waals surface area contributed by atoms with Gasteiger partial charge in [-0.15, -0.1) is 0 Å². The van der Waals surface area contributed by atoms with E-state index < -0.39 is 14.2 Å². The molecule has 2 fully saturated rings. The van der Waals surface area contributed by atoms with E-state index in [1.807, 2.05) is 36.4 Å². The Bertz CT molecular complexity index is 1050. The van der Waals surface area contributed by atoms with Crippen molar-refractivity contribution in [2.75, 3.05) is 23.8 Å². The van der Waals surface area contributed by atoms with E-state index in [-0.39, 0.29) is 16.9 Å². The van der Waals surface area contributed by atoms with Crippen molar-refractivity contribution in [1.29, 1.82) is 0 Å². The van der Waals surface area contributed by atoms with Gasteiger partial charge in [0, 0.05) is 35.7 Å². The van der Waals surface area contributed by atoms with Crippen molar-refractivity contribution in [3.8, 4) is 0 Å². The lowest BCUT2D eigenvalue weighted by Crippen LogP contribution is -2.39. The number of carbonyl (C=O) groups is 2. The van der Waals surface area contributed by atoms with Gasteiger partial charge < -0.3 is 15.4 Å². The molecule has 2 aromatic carbocycles. The molecule has 7 heteroatoms. The Kier molecular flexibility index (Phi) is 5.19. The van der Waals surface area contributed by atoms with Crippen LogP contribution in [0.3, 0.4) is 0 Å². The zero-order valence-electron chi connectivity index (χ0n) is 17.6. The number of halogens is 1. The first-order valence-electron chi connectivity index (χ1n) is 10.9. The largest absolute Gasteiger partial charge is 0.381 e. The topological polar surface area (TPSA) is 67.4 Å². The van der Waals surface area contributed by atoms with Gasteiger partial charge in [-0.05, 0) is 59.7 Å². The number of hydrogen-bond donors (Lipinski definition) is 2. The summed E-state index contributed by atoms with van der Waals surface area (Å²) in [7, 11) is -1.14. The second-order valence-corrected chi connectivity index (χ2v) is 12.6. The van der Waals surface area contributed by atoms with Gasteiger partial charge in [0.25, 0.3) is 0 Å². The Balaban J connectivity index is 1.34. The molecule has 1 radical (unpaired) electrons. The molecule has 2 N–H and O–H groups in total. The van der Waals surface area contributed by atoms with E-state index >= 15 is 0 Å². The second-order valence-electron chi connectivity index (χ2n) is 9.15. The third-order valence-corrected chi connectivity index (χ3v) is 11.3. The van der Waals surface area contributed by atoms with E-state index in [0.29, 0.717) is 32.1 Å². The molecule has 31 heavy (non-hydrogen) atoms. The number of hydrogen-bond acceptors (Lipinski definition) is 3. The molecule has 5 nitrogen and oxygen atoms in total. The average Bonchev–Trinajstić information content (AvgIpc) is 3.46. The van der Waals surface area contributed by atoms with E-state index in [4.69, 9.17) is 16.3 Å². The number of benzene rings is 2. The van der Waals surface area contributed by atoms with Gasteiger partial charge in [-0.1, -0.05) is 42.8 Å². The third-order valence-electron chi connectivity index (χ3n) is 7.11. The smallest absolute Gasteiger partial charge is 0.235 e. The van der Waals surface area contributed by atoms with Crippen molar-refractivity contribution in [2.24, 2.45) is 0 Å². The van der Waals surface area contributed by atoms with Crippen LogP contribution in [0.4, 0.5) is 11.4 Å². The average molecular weight is 454 g/mol. The van der Waals surface area contributed by atoms with Crippen LogP contribution in [0.25, 0.3) is 0 Å². The Hall–Kier alpha value is -2.15. The standard InChI is InChI=1S/C24H26ClN2O3Si/c1-23(8-9-23)31(20-5-3-2-4-18(20)25)15-21(28)26-16-6-7-17-19(14-16)27-22(29)24(17)10-12-30-13-11-24/h2-7,14H,8-13,15H2,1H3,(H,26,28)(H,27,29). The molecule has 2 heterocycles. The summed E-state index contributed by atoms with van der Waals surface area (Å²) >= 11 is 6.49. The van der Waals surface area contributed by atoms with Gasteiger partial charge in [0.05, 0.1) is 5.41 Å². The number of nitrogens with one attached hydrogen (secondary N) is 2. The van der Waals surface area contributed by atoms with Gasteiger partial charge in [0.2, 0.25) is 11.8 Å².